The number of carbonyl (C=O) groups excluding carboxylic acids is 2. The van der Waals surface area contributed by atoms with Gasteiger partial charge < -0.3 is 4.42 Å². The van der Waals surface area contributed by atoms with E-state index in [0.29, 0.717) is 34.2 Å². The molecule has 7 heteroatoms. The van der Waals surface area contributed by atoms with Crippen molar-refractivity contribution in [3.63, 3.8) is 0 Å². The maximum absolute atomic E-state index is 13.5. The lowest BCUT2D eigenvalue weighted by Crippen LogP contribution is -2.03. The van der Waals surface area contributed by atoms with Crippen LogP contribution in [0.5, 0.6) is 0 Å². The van der Waals surface area contributed by atoms with Crippen LogP contribution in [0.4, 0.5) is 0 Å². The summed E-state index contributed by atoms with van der Waals surface area (Å²) in [6, 6.07) is 31.1. The Morgan fingerprint density at radius 3 is 2.05 bits per heavy atom. The molecule has 0 saturated heterocycles. The monoisotopic (exact) mass is 523 g/mol. The number of aromatic nitrogens is 3. The van der Waals surface area contributed by atoms with Crippen LogP contribution >= 0.6 is 11.3 Å². The standard InChI is InChI=1S/C32H17N3O3S/c36-28-22-14-19-10-4-5-11-20(19)15-23(22)29(37)24(28)17-26-33-32-30(34-31(38-32)18-8-2-1-3-9-18)35(26)27-16-21-12-6-7-13-25(21)39-27/h1-17H. The third-order valence-electron chi connectivity index (χ3n) is 7.04. The van der Waals surface area contributed by atoms with Crippen LogP contribution in [0.1, 0.15) is 26.5 Å². The van der Waals surface area contributed by atoms with Crippen molar-refractivity contribution in [3.05, 3.63) is 120 Å². The second-order valence-corrected chi connectivity index (χ2v) is 10.5. The maximum atomic E-state index is 13.5. The highest BCUT2D eigenvalue weighted by Crippen LogP contribution is 2.36. The Morgan fingerprint density at radius 2 is 1.36 bits per heavy atom. The van der Waals surface area contributed by atoms with Gasteiger partial charge in [-0.3, -0.25) is 14.2 Å². The average molecular weight is 524 g/mol. The molecule has 0 fully saturated rings. The number of hydrogen-bond acceptors (Lipinski definition) is 6. The molecule has 39 heavy (non-hydrogen) atoms. The molecule has 0 N–H and O–H groups in total. The topological polar surface area (TPSA) is 78.0 Å². The van der Waals surface area contributed by atoms with Crippen LogP contribution in [-0.2, 0) is 0 Å². The van der Waals surface area contributed by atoms with Gasteiger partial charge in [-0.25, -0.2) is 0 Å². The summed E-state index contributed by atoms with van der Waals surface area (Å²) in [6.45, 7) is 0. The first kappa shape index (κ1) is 21.9. The van der Waals surface area contributed by atoms with Crippen molar-refractivity contribution in [2.75, 3.05) is 0 Å². The molecule has 0 unspecified atom stereocenters. The molecule has 0 radical (unpaired) electrons. The molecule has 0 saturated carbocycles. The lowest BCUT2D eigenvalue weighted by molar-refractivity contribution is 0.0990. The summed E-state index contributed by atoms with van der Waals surface area (Å²) in [4.78, 5) is 36.4. The predicted molar refractivity (Wildman–Crippen MR) is 153 cm³/mol. The molecule has 3 heterocycles. The van der Waals surface area contributed by atoms with Gasteiger partial charge in [-0.05, 0) is 58.6 Å². The normalized spacial score (nSPS) is 13.2. The van der Waals surface area contributed by atoms with Gasteiger partial charge in [-0.1, -0.05) is 60.7 Å². The SMILES string of the molecule is O=C1C(=Cc2nc3oc(-c4ccccc4)nc3n2-c2cc3ccccc3s2)C(=O)c2cc3ccccc3cc21. The first-order valence-corrected chi connectivity index (χ1v) is 13.2. The van der Waals surface area contributed by atoms with E-state index in [1.807, 2.05) is 77.4 Å². The quantitative estimate of drug-likeness (QED) is 0.177. The number of fused-ring (bicyclic) bond motifs is 4. The van der Waals surface area contributed by atoms with Crippen LogP contribution in [0, 0.1) is 0 Å². The van der Waals surface area contributed by atoms with E-state index in [1.54, 1.807) is 29.5 Å². The number of benzene rings is 4. The molecule has 0 spiro atoms. The molecule has 0 atom stereocenters. The number of carbonyl (C=O) groups is 2. The van der Waals surface area contributed by atoms with Gasteiger partial charge in [0.2, 0.25) is 11.5 Å². The summed E-state index contributed by atoms with van der Waals surface area (Å²) in [5, 5.41) is 3.78. The first-order valence-electron chi connectivity index (χ1n) is 12.4. The molecule has 0 aliphatic heterocycles. The van der Waals surface area contributed by atoms with Crippen molar-refractivity contribution in [2.24, 2.45) is 0 Å². The molecule has 4 aromatic carbocycles. The Labute approximate surface area is 225 Å². The minimum atomic E-state index is -0.304. The van der Waals surface area contributed by atoms with Crippen LogP contribution in [0.25, 0.3) is 54.8 Å². The van der Waals surface area contributed by atoms with Crippen LogP contribution < -0.4 is 0 Å². The van der Waals surface area contributed by atoms with Gasteiger partial charge in [0.25, 0.3) is 5.71 Å². The molecule has 6 nitrogen and oxygen atoms in total. The van der Waals surface area contributed by atoms with Crippen LogP contribution in [0.3, 0.4) is 0 Å². The fraction of sp³-hybridized carbons (Fsp3) is 0. The number of rotatable bonds is 3. The van der Waals surface area contributed by atoms with Gasteiger partial charge in [-0.2, -0.15) is 9.97 Å². The lowest BCUT2D eigenvalue weighted by atomic mass is 10.0. The van der Waals surface area contributed by atoms with Gasteiger partial charge in [-0.15, -0.1) is 11.3 Å². The van der Waals surface area contributed by atoms with E-state index < -0.39 is 0 Å². The Bertz CT molecular complexity index is 2080. The molecule has 0 bridgehead atoms. The molecule has 0 amide bonds. The predicted octanol–water partition coefficient (Wildman–Crippen LogP) is 7.51. The Kier molecular flexibility index (Phi) is 4.59. The Morgan fingerprint density at radius 1 is 0.718 bits per heavy atom. The summed E-state index contributed by atoms with van der Waals surface area (Å²) in [5.41, 5.74) is 2.60. The number of imidazole rings is 1. The molecule has 1 aliphatic rings. The van der Waals surface area contributed by atoms with Gasteiger partial charge in [0.15, 0.2) is 11.6 Å². The molecule has 8 rings (SSSR count). The summed E-state index contributed by atoms with van der Waals surface area (Å²) in [7, 11) is 0. The number of nitrogens with zero attached hydrogens (tertiary/aromatic N) is 3. The molecular formula is C32H17N3O3S. The van der Waals surface area contributed by atoms with Crippen LogP contribution in [0.2, 0.25) is 0 Å². The summed E-state index contributed by atoms with van der Waals surface area (Å²) in [5.74, 6) is 0.258. The Balaban J connectivity index is 1.33. The van der Waals surface area contributed by atoms with Crippen LogP contribution in [-0.4, -0.2) is 26.1 Å². The summed E-state index contributed by atoms with van der Waals surface area (Å²) >= 11 is 1.58. The van der Waals surface area contributed by atoms with Crippen molar-refractivity contribution in [1.29, 1.82) is 0 Å². The van der Waals surface area contributed by atoms with Gasteiger partial charge >= 0.3 is 0 Å². The van der Waals surface area contributed by atoms with Gasteiger partial charge in [0, 0.05) is 21.4 Å². The zero-order chi connectivity index (χ0) is 26.1. The van der Waals surface area contributed by atoms with E-state index in [2.05, 4.69) is 12.1 Å². The smallest absolute Gasteiger partial charge is 0.267 e. The highest BCUT2D eigenvalue weighted by Gasteiger charge is 2.34. The zero-order valence-corrected chi connectivity index (χ0v) is 21.1. The third-order valence-corrected chi connectivity index (χ3v) is 8.14. The Hall–Kier alpha value is -5.14. The van der Waals surface area contributed by atoms with E-state index in [9.17, 15) is 9.59 Å². The van der Waals surface area contributed by atoms with Gasteiger partial charge in [0.1, 0.15) is 10.8 Å². The van der Waals surface area contributed by atoms with E-state index in [-0.39, 0.29) is 17.1 Å². The summed E-state index contributed by atoms with van der Waals surface area (Å²) < 4.78 is 9.03. The molecule has 7 aromatic rings. The third kappa shape index (κ3) is 3.34. The molecule has 1 aliphatic carbocycles. The number of thiophene rings is 1. The average Bonchev–Trinajstić information content (AvgIpc) is 3.71. The highest BCUT2D eigenvalue weighted by atomic mass is 32.1. The molecular weight excluding hydrogens is 506 g/mol. The van der Waals surface area contributed by atoms with Crippen LogP contribution in [0.15, 0.2) is 107 Å². The molecule has 3 aromatic heterocycles. The van der Waals surface area contributed by atoms with Crippen molar-refractivity contribution in [3.8, 4) is 16.5 Å². The number of Topliss-reactive ketones (excluding diaryl/α,β-unsaturated/α-hetero) is 2. The molecule has 184 valence electrons. The maximum Gasteiger partial charge on any atom is 0.267 e. The van der Waals surface area contributed by atoms with Crippen molar-refractivity contribution < 1.29 is 14.0 Å². The summed E-state index contributed by atoms with van der Waals surface area (Å²) in [6.07, 6.45) is 1.57. The number of oxazole rings is 1. The largest absolute Gasteiger partial charge is 0.416 e. The van der Waals surface area contributed by atoms with Crippen molar-refractivity contribution in [2.45, 2.75) is 0 Å². The number of allylic oxidation sites excluding steroid dienone is 1. The first-order chi connectivity index (χ1) is 19.1. The zero-order valence-electron chi connectivity index (χ0n) is 20.3. The van der Waals surface area contributed by atoms with E-state index in [0.717, 1.165) is 31.4 Å². The fourth-order valence-corrected chi connectivity index (χ4v) is 6.22. The lowest BCUT2D eigenvalue weighted by Gasteiger charge is -2.02. The van der Waals surface area contributed by atoms with Crippen molar-refractivity contribution >= 4 is 61.2 Å². The second-order valence-electron chi connectivity index (χ2n) is 9.40. The van der Waals surface area contributed by atoms with E-state index >= 15 is 0 Å². The fourth-order valence-electron chi connectivity index (χ4n) is 5.15. The number of ketones is 2. The van der Waals surface area contributed by atoms with E-state index in [4.69, 9.17) is 14.4 Å². The minimum Gasteiger partial charge on any atom is -0.416 e. The second kappa shape index (κ2) is 8.18. The van der Waals surface area contributed by atoms with Gasteiger partial charge in [0.05, 0.1) is 5.57 Å². The number of hydrogen-bond donors (Lipinski definition) is 0. The van der Waals surface area contributed by atoms with E-state index in [1.165, 1.54) is 0 Å². The minimum absolute atomic E-state index is 0.0820. The van der Waals surface area contributed by atoms with Crippen molar-refractivity contribution in [1.82, 2.24) is 14.5 Å². The highest BCUT2D eigenvalue weighted by molar-refractivity contribution is 7.21.